The monoisotopic (exact) mass is 233 g/mol. The van der Waals surface area contributed by atoms with E-state index >= 15 is 0 Å². The average molecular weight is 233 g/mol. The van der Waals surface area contributed by atoms with Crippen molar-refractivity contribution in [3.05, 3.63) is 0 Å². The van der Waals surface area contributed by atoms with Crippen LogP contribution in [0.5, 0.6) is 0 Å². The molecular formula is C11H23NO2S. The summed E-state index contributed by atoms with van der Waals surface area (Å²) in [6.45, 7) is 5.12. The summed E-state index contributed by atoms with van der Waals surface area (Å²) in [5, 5.41) is 3.79. The van der Waals surface area contributed by atoms with E-state index in [9.17, 15) is 4.79 Å². The van der Waals surface area contributed by atoms with Crippen LogP contribution in [0.25, 0.3) is 0 Å². The van der Waals surface area contributed by atoms with Crippen LogP contribution >= 0.6 is 11.8 Å². The van der Waals surface area contributed by atoms with E-state index in [2.05, 4.69) is 25.4 Å². The van der Waals surface area contributed by atoms with Gasteiger partial charge < -0.3 is 10.1 Å². The van der Waals surface area contributed by atoms with E-state index in [0.29, 0.717) is 5.25 Å². The summed E-state index contributed by atoms with van der Waals surface area (Å²) >= 11 is 1.80. The topological polar surface area (TPSA) is 38.3 Å². The van der Waals surface area contributed by atoms with Crippen LogP contribution in [-0.4, -0.2) is 37.2 Å². The van der Waals surface area contributed by atoms with Gasteiger partial charge in [-0.15, -0.1) is 0 Å². The molecule has 2 unspecified atom stereocenters. The summed E-state index contributed by atoms with van der Waals surface area (Å²) in [6, 6.07) is -0.135. The predicted molar refractivity (Wildman–Crippen MR) is 66.3 cm³/mol. The second-order valence-electron chi connectivity index (χ2n) is 3.67. The number of hydrogen-bond acceptors (Lipinski definition) is 4. The second-order valence-corrected chi connectivity index (χ2v) is 4.95. The largest absolute Gasteiger partial charge is 0.468 e. The molecule has 0 saturated heterocycles. The molecule has 90 valence electrons. The zero-order chi connectivity index (χ0) is 11.7. The predicted octanol–water partition coefficient (Wildman–Crippen LogP) is 2.06. The van der Waals surface area contributed by atoms with Crippen molar-refractivity contribution in [3.63, 3.8) is 0 Å². The molecule has 0 spiro atoms. The van der Waals surface area contributed by atoms with Gasteiger partial charge in [-0.3, -0.25) is 4.79 Å². The lowest BCUT2D eigenvalue weighted by Crippen LogP contribution is -2.40. The summed E-state index contributed by atoms with van der Waals surface area (Å²) in [6.07, 6.45) is 5.10. The number of nitrogens with one attached hydrogen (secondary N) is 1. The van der Waals surface area contributed by atoms with E-state index in [1.165, 1.54) is 7.11 Å². The molecule has 0 fully saturated rings. The van der Waals surface area contributed by atoms with E-state index in [-0.39, 0.29) is 12.0 Å². The maximum atomic E-state index is 11.4. The Hall–Kier alpha value is -0.220. The Morgan fingerprint density at radius 3 is 2.67 bits per heavy atom. The number of esters is 1. The van der Waals surface area contributed by atoms with Gasteiger partial charge in [0, 0.05) is 11.8 Å². The summed E-state index contributed by atoms with van der Waals surface area (Å²) in [5.74, 6) is -0.142. The van der Waals surface area contributed by atoms with Crippen molar-refractivity contribution in [1.29, 1.82) is 0 Å². The van der Waals surface area contributed by atoms with Crippen molar-refractivity contribution < 1.29 is 9.53 Å². The summed E-state index contributed by atoms with van der Waals surface area (Å²) in [7, 11) is 1.45. The van der Waals surface area contributed by atoms with Crippen LogP contribution in [0.4, 0.5) is 0 Å². The van der Waals surface area contributed by atoms with Crippen LogP contribution in [0.3, 0.4) is 0 Å². The molecule has 0 rings (SSSR count). The first kappa shape index (κ1) is 14.8. The van der Waals surface area contributed by atoms with Gasteiger partial charge in [-0.2, -0.15) is 11.8 Å². The highest BCUT2D eigenvalue weighted by atomic mass is 32.2. The third kappa shape index (κ3) is 6.79. The van der Waals surface area contributed by atoms with Crippen molar-refractivity contribution in [2.75, 3.05) is 19.9 Å². The van der Waals surface area contributed by atoms with E-state index in [1.807, 2.05) is 0 Å². The van der Waals surface area contributed by atoms with Gasteiger partial charge in [0.2, 0.25) is 0 Å². The normalized spacial score (nSPS) is 14.7. The molecule has 0 aliphatic carbocycles. The fourth-order valence-corrected chi connectivity index (χ4v) is 1.51. The van der Waals surface area contributed by atoms with E-state index in [1.54, 1.807) is 11.8 Å². The highest BCUT2D eigenvalue weighted by Gasteiger charge is 2.18. The van der Waals surface area contributed by atoms with Crippen LogP contribution in [-0.2, 0) is 9.53 Å². The van der Waals surface area contributed by atoms with Crippen molar-refractivity contribution in [3.8, 4) is 0 Å². The summed E-state index contributed by atoms with van der Waals surface area (Å²) in [4.78, 5) is 11.4. The molecule has 0 aromatic rings. The summed E-state index contributed by atoms with van der Waals surface area (Å²) in [5.41, 5.74) is 0. The molecule has 0 radical (unpaired) electrons. The highest BCUT2D eigenvalue weighted by Crippen LogP contribution is 2.06. The molecule has 0 amide bonds. The Bertz CT molecular complexity index is 176. The van der Waals surface area contributed by atoms with Crippen LogP contribution in [0.2, 0.25) is 0 Å². The van der Waals surface area contributed by atoms with E-state index < -0.39 is 0 Å². The first-order valence-electron chi connectivity index (χ1n) is 5.49. The SMILES string of the molecule is CCCCC(NCC(C)SC)C(=O)OC. The zero-order valence-electron chi connectivity index (χ0n) is 10.2. The Morgan fingerprint density at radius 1 is 1.53 bits per heavy atom. The van der Waals surface area contributed by atoms with Gasteiger partial charge in [0.05, 0.1) is 7.11 Å². The number of rotatable bonds is 8. The smallest absolute Gasteiger partial charge is 0.322 e. The van der Waals surface area contributed by atoms with Gasteiger partial charge in [0.15, 0.2) is 0 Å². The van der Waals surface area contributed by atoms with Gasteiger partial charge in [-0.25, -0.2) is 0 Å². The quantitative estimate of drug-likeness (QED) is 0.651. The lowest BCUT2D eigenvalue weighted by Gasteiger charge is -2.18. The molecule has 3 nitrogen and oxygen atoms in total. The minimum Gasteiger partial charge on any atom is -0.468 e. The first-order chi connectivity index (χ1) is 7.15. The number of hydrogen-bond donors (Lipinski definition) is 1. The highest BCUT2D eigenvalue weighted by molar-refractivity contribution is 7.99. The van der Waals surface area contributed by atoms with E-state index in [4.69, 9.17) is 4.74 Å². The van der Waals surface area contributed by atoms with Crippen LogP contribution in [0, 0.1) is 0 Å². The zero-order valence-corrected chi connectivity index (χ0v) is 11.0. The molecule has 0 heterocycles. The van der Waals surface area contributed by atoms with Crippen molar-refractivity contribution in [2.45, 2.75) is 44.4 Å². The maximum absolute atomic E-state index is 11.4. The Kier molecular flexibility index (Phi) is 8.91. The Morgan fingerprint density at radius 2 is 2.20 bits per heavy atom. The van der Waals surface area contributed by atoms with E-state index in [0.717, 1.165) is 25.8 Å². The molecule has 0 bridgehead atoms. The molecule has 0 aromatic carbocycles. The first-order valence-corrected chi connectivity index (χ1v) is 6.78. The number of thioether (sulfide) groups is 1. The minimum atomic E-state index is -0.142. The number of unbranched alkanes of at least 4 members (excludes halogenated alkanes) is 1. The number of ether oxygens (including phenoxy) is 1. The van der Waals surface area contributed by atoms with Gasteiger partial charge in [0.1, 0.15) is 6.04 Å². The molecule has 0 aliphatic rings. The molecule has 0 saturated carbocycles. The molecule has 0 aromatic heterocycles. The number of carbonyl (C=O) groups excluding carboxylic acids is 1. The average Bonchev–Trinajstić information content (AvgIpc) is 2.27. The third-order valence-electron chi connectivity index (χ3n) is 2.39. The van der Waals surface area contributed by atoms with Gasteiger partial charge in [0.25, 0.3) is 0 Å². The van der Waals surface area contributed by atoms with Gasteiger partial charge >= 0.3 is 5.97 Å². The molecule has 2 atom stereocenters. The Labute approximate surface area is 97.3 Å². The van der Waals surface area contributed by atoms with Crippen molar-refractivity contribution in [2.24, 2.45) is 0 Å². The van der Waals surface area contributed by atoms with Crippen LogP contribution in [0.1, 0.15) is 33.1 Å². The van der Waals surface area contributed by atoms with Gasteiger partial charge in [-0.1, -0.05) is 26.7 Å². The minimum absolute atomic E-state index is 0.135. The molecule has 15 heavy (non-hydrogen) atoms. The van der Waals surface area contributed by atoms with Crippen LogP contribution < -0.4 is 5.32 Å². The van der Waals surface area contributed by atoms with Crippen molar-refractivity contribution in [1.82, 2.24) is 5.32 Å². The third-order valence-corrected chi connectivity index (χ3v) is 3.36. The fourth-order valence-electron chi connectivity index (χ4n) is 1.25. The number of methoxy groups -OCH3 is 1. The lowest BCUT2D eigenvalue weighted by atomic mass is 10.1. The second kappa shape index (κ2) is 9.04. The number of carbonyl (C=O) groups is 1. The van der Waals surface area contributed by atoms with Crippen LogP contribution in [0.15, 0.2) is 0 Å². The van der Waals surface area contributed by atoms with Crippen molar-refractivity contribution >= 4 is 17.7 Å². The van der Waals surface area contributed by atoms with Gasteiger partial charge in [-0.05, 0) is 12.7 Å². The maximum Gasteiger partial charge on any atom is 0.322 e. The fraction of sp³-hybridized carbons (Fsp3) is 0.909. The molecule has 4 heteroatoms. The lowest BCUT2D eigenvalue weighted by molar-refractivity contribution is -0.143. The summed E-state index contributed by atoms with van der Waals surface area (Å²) < 4.78 is 4.77. The Balaban J connectivity index is 3.95. The molecule has 0 aliphatic heterocycles. The molecular weight excluding hydrogens is 210 g/mol. The standard InChI is InChI=1S/C11H23NO2S/c1-5-6-7-10(11(13)14-3)12-8-9(2)15-4/h9-10,12H,5-8H2,1-4H3. The molecule has 1 N–H and O–H groups in total.